The quantitative estimate of drug-likeness (QED) is 0.803. The predicted molar refractivity (Wildman–Crippen MR) is 105 cm³/mol. The SMILES string of the molecule is CCCOc1ccc([C@@H](CC)NC(=O)N2CCC3(CCC(=O)N3)CC2)cc1. The summed E-state index contributed by atoms with van der Waals surface area (Å²) in [5.74, 6) is 1.01. The summed E-state index contributed by atoms with van der Waals surface area (Å²) in [5.41, 5.74) is 1.01. The fourth-order valence-corrected chi connectivity index (χ4v) is 3.96. The van der Waals surface area contributed by atoms with Gasteiger partial charge in [-0.2, -0.15) is 0 Å². The van der Waals surface area contributed by atoms with Gasteiger partial charge in [0.2, 0.25) is 5.91 Å². The molecule has 0 saturated carbocycles. The molecule has 148 valence electrons. The van der Waals surface area contributed by atoms with E-state index < -0.39 is 0 Å². The number of likely N-dealkylation sites (tertiary alicyclic amines) is 1. The molecule has 0 bridgehead atoms. The van der Waals surface area contributed by atoms with E-state index in [1.807, 2.05) is 29.2 Å². The van der Waals surface area contributed by atoms with E-state index >= 15 is 0 Å². The normalized spacial score (nSPS) is 19.6. The highest BCUT2D eigenvalue weighted by Gasteiger charge is 2.41. The summed E-state index contributed by atoms with van der Waals surface area (Å²) >= 11 is 0. The van der Waals surface area contributed by atoms with Gasteiger partial charge in [0, 0.05) is 25.0 Å². The van der Waals surface area contributed by atoms with E-state index in [2.05, 4.69) is 24.5 Å². The first-order valence-electron chi connectivity index (χ1n) is 10.1. The fraction of sp³-hybridized carbons (Fsp3) is 0.619. The van der Waals surface area contributed by atoms with Crippen molar-refractivity contribution < 1.29 is 14.3 Å². The average Bonchev–Trinajstić information content (AvgIpc) is 3.05. The number of nitrogens with zero attached hydrogens (tertiary/aromatic N) is 1. The van der Waals surface area contributed by atoms with Crippen LogP contribution in [0.3, 0.4) is 0 Å². The van der Waals surface area contributed by atoms with Crippen LogP contribution in [0.5, 0.6) is 5.75 Å². The fourth-order valence-electron chi connectivity index (χ4n) is 3.96. The Kier molecular flexibility index (Phi) is 6.24. The lowest BCUT2D eigenvalue weighted by molar-refractivity contribution is -0.120. The van der Waals surface area contributed by atoms with Crippen LogP contribution in [0.25, 0.3) is 0 Å². The number of carbonyl (C=O) groups excluding carboxylic acids is 2. The van der Waals surface area contributed by atoms with Crippen LogP contribution >= 0.6 is 0 Å². The van der Waals surface area contributed by atoms with Crippen molar-refractivity contribution in [3.05, 3.63) is 29.8 Å². The van der Waals surface area contributed by atoms with Gasteiger partial charge in [0.05, 0.1) is 12.6 Å². The van der Waals surface area contributed by atoms with Crippen LogP contribution in [-0.2, 0) is 4.79 Å². The highest BCUT2D eigenvalue weighted by molar-refractivity contribution is 5.79. The van der Waals surface area contributed by atoms with Crippen LogP contribution in [0.2, 0.25) is 0 Å². The van der Waals surface area contributed by atoms with Crippen molar-refractivity contribution in [3.8, 4) is 5.75 Å². The third-order valence-electron chi connectivity index (χ3n) is 5.70. The van der Waals surface area contributed by atoms with Crippen molar-refractivity contribution in [2.75, 3.05) is 19.7 Å². The van der Waals surface area contributed by atoms with Crippen LogP contribution in [0.15, 0.2) is 24.3 Å². The van der Waals surface area contributed by atoms with Gasteiger partial charge in [0.1, 0.15) is 5.75 Å². The molecule has 3 amide bonds. The maximum absolute atomic E-state index is 12.7. The first kappa shape index (κ1) is 19.5. The second-order valence-corrected chi connectivity index (χ2v) is 7.64. The molecule has 2 aliphatic heterocycles. The molecule has 0 unspecified atom stereocenters. The number of rotatable bonds is 6. The van der Waals surface area contributed by atoms with Crippen molar-refractivity contribution in [1.82, 2.24) is 15.5 Å². The van der Waals surface area contributed by atoms with Gasteiger partial charge in [-0.15, -0.1) is 0 Å². The van der Waals surface area contributed by atoms with Crippen molar-refractivity contribution in [1.29, 1.82) is 0 Å². The molecule has 6 nitrogen and oxygen atoms in total. The van der Waals surface area contributed by atoms with Gasteiger partial charge < -0.3 is 20.3 Å². The summed E-state index contributed by atoms with van der Waals surface area (Å²) in [7, 11) is 0. The van der Waals surface area contributed by atoms with Gasteiger partial charge in [-0.25, -0.2) is 4.79 Å². The van der Waals surface area contributed by atoms with Crippen LogP contribution < -0.4 is 15.4 Å². The Labute approximate surface area is 161 Å². The largest absolute Gasteiger partial charge is 0.494 e. The first-order chi connectivity index (χ1) is 13.0. The molecule has 0 aliphatic carbocycles. The zero-order valence-corrected chi connectivity index (χ0v) is 16.4. The molecule has 27 heavy (non-hydrogen) atoms. The Bertz CT molecular complexity index is 651. The first-order valence-corrected chi connectivity index (χ1v) is 10.1. The van der Waals surface area contributed by atoms with Gasteiger partial charge in [-0.1, -0.05) is 26.0 Å². The zero-order chi connectivity index (χ0) is 19.3. The Balaban J connectivity index is 1.53. The van der Waals surface area contributed by atoms with E-state index in [1.54, 1.807) is 0 Å². The molecule has 2 saturated heterocycles. The lowest BCUT2D eigenvalue weighted by Gasteiger charge is -2.39. The Hall–Kier alpha value is -2.24. The summed E-state index contributed by atoms with van der Waals surface area (Å²) in [5, 5.41) is 6.28. The number of amides is 3. The van der Waals surface area contributed by atoms with Crippen molar-refractivity contribution >= 4 is 11.9 Å². The molecular weight excluding hydrogens is 342 g/mol. The number of urea groups is 1. The van der Waals surface area contributed by atoms with E-state index in [4.69, 9.17) is 4.74 Å². The molecule has 1 aromatic rings. The van der Waals surface area contributed by atoms with Crippen LogP contribution in [0.1, 0.15) is 64.0 Å². The highest BCUT2D eigenvalue weighted by atomic mass is 16.5. The third kappa shape index (κ3) is 4.73. The minimum atomic E-state index is -0.0770. The molecule has 0 aromatic heterocycles. The van der Waals surface area contributed by atoms with Crippen LogP contribution in [0, 0.1) is 0 Å². The number of benzene rings is 1. The van der Waals surface area contributed by atoms with Crippen LogP contribution in [0.4, 0.5) is 4.79 Å². The van der Waals surface area contributed by atoms with Gasteiger partial charge in [-0.3, -0.25) is 4.79 Å². The third-order valence-corrected chi connectivity index (χ3v) is 5.70. The second kappa shape index (κ2) is 8.63. The lowest BCUT2D eigenvalue weighted by atomic mass is 9.86. The summed E-state index contributed by atoms with van der Waals surface area (Å²) < 4.78 is 5.63. The topological polar surface area (TPSA) is 70.7 Å². The number of hydrogen-bond donors (Lipinski definition) is 2. The van der Waals surface area contributed by atoms with Gasteiger partial charge in [-0.05, 0) is 49.8 Å². The number of ether oxygens (including phenoxy) is 1. The maximum Gasteiger partial charge on any atom is 0.317 e. The van der Waals surface area contributed by atoms with E-state index in [0.717, 1.165) is 43.4 Å². The standard InChI is InChI=1S/C21H31N3O3/c1-3-15-27-17-7-5-16(6-8-17)18(4-2)22-20(26)24-13-11-21(12-14-24)10-9-19(25)23-21/h5-8,18H,3-4,9-15H2,1-2H3,(H,22,26)(H,23,25)/t18-/m1/s1. The van der Waals surface area contributed by atoms with Crippen molar-refractivity contribution in [3.63, 3.8) is 0 Å². The number of piperidine rings is 1. The molecule has 3 rings (SSSR count). The zero-order valence-electron chi connectivity index (χ0n) is 16.4. The van der Waals surface area contributed by atoms with E-state index in [0.29, 0.717) is 26.1 Å². The van der Waals surface area contributed by atoms with E-state index in [1.165, 1.54) is 0 Å². The number of hydrogen-bond acceptors (Lipinski definition) is 3. The maximum atomic E-state index is 12.7. The van der Waals surface area contributed by atoms with Gasteiger partial charge in [0.15, 0.2) is 0 Å². The molecule has 1 spiro atoms. The highest BCUT2D eigenvalue weighted by Crippen LogP contribution is 2.31. The Morgan fingerprint density at radius 1 is 1.22 bits per heavy atom. The lowest BCUT2D eigenvalue weighted by Crippen LogP contribution is -2.54. The summed E-state index contributed by atoms with van der Waals surface area (Å²) in [6.07, 6.45) is 5.00. The minimum Gasteiger partial charge on any atom is -0.494 e. The molecule has 6 heteroatoms. The smallest absolute Gasteiger partial charge is 0.317 e. The van der Waals surface area contributed by atoms with Crippen LogP contribution in [-0.4, -0.2) is 42.1 Å². The Morgan fingerprint density at radius 2 is 1.93 bits per heavy atom. The van der Waals surface area contributed by atoms with Crippen molar-refractivity contribution in [2.45, 2.75) is 64.0 Å². The molecule has 0 radical (unpaired) electrons. The Morgan fingerprint density at radius 3 is 2.48 bits per heavy atom. The second-order valence-electron chi connectivity index (χ2n) is 7.64. The molecule has 2 aliphatic rings. The molecule has 2 N–H and O–H groups in total. The van der Waals surface area contributed by atoms with Crippen molar-refractivity contribution in [2.24, 2.45) is 0 Å². The van der Waals surface area contributed by atoms with E-state index in [9.17, 15) is 9.59 Å². The summed E-state index contributed by atoms with van der Waals surface area (Å²) in [6, 6.07) is 7.95. The molecule has 2 fully saturated rings. The molecule has 1 aromatic carbocycles. The van der Waals surface area contributed by atoms with E-state index in [-0.39, 0.29) is 23.5 Å². The minimum absolute atomic E-state index is 0.0141. The molecule has 2 heterocycles. The summed E-state index contributed by atoms with van der Waals surface area (Å²) in [4.78, 5) is 26.1. The van der Waals surface area contributed by atoms with Gasteiger partial charge in [0.25, 0.3) is 0 Å². The monoisotopic (exact) mass is 373 g/mol. The number of carbonyl (C=O) groups is 2. The predicted octanol–water partition coefficient (Wildman–Crippen LogP) is 3.38. The molecule has 1 atom stereocenters. The van der Waals surface area contributed by atoms with Gasteiger partial charge >= 0.3 is 6.03 Å². The number of nitrogens with one attached hydrogen (secondary N) is 2. The average molecular weight is 373 g/mol. The molecular formula is C21H31N3O3. The summed E-state index contributed by atoms with van der Waals surface area (Å²) in [6.45, 7) is 6.24.